The van der Waals surface area contributed by atoms with Crippen molar-refractivity contribution >= 4 is 11.8 Å². The van der Waals surface area contributed by atoms with Crippen molar-refractivity contribution in [3.8, 4) is 0 Å². The molecule has 0 aromatic heterocycles. The fourth-order valence-corrected chi connectivity index (χ4v) is 4.19. The molecule has 6 nitrogen and oxygen atoms in total. The molecule has 2 saturated heterocycles. The van der Waals surface area contributed by atoms with Crippen LogP contribution in [0.1, 0.15) is 31.2 Å². The number of nitrogens with one attached hydrogen (secondary N) is 1. The molecule has 1 aromatic carbocycles. The van der Waals surface area contributed by atoms with E-state index in [0.717, 1.165) is 57.6 Å². The minimum Gasteiger partial charge on any atom is -0.381 e. The first-order chi connectivity index (χ1) is 13.6. The average molecular weight is 387 g/mol. The number of nitrogens with two attached hydrogens (primary N) is 1. The maximum absolute atomic E-state index is 12.1. The van der Waals surface area contributed by atoms with Crippen LogP contribution in [0.2, 0.25) is 0 Å². The van der Waals surface area contributed by atoms with E-state index in [9.17, 15) is 9.59 Å². The molecule has 1 radical (unpaired) electrons. The van der Waals surface area contributed by atoms with Crippen LogP contribution >= 0.6 is 0 Å². The number of carbonyl (C=O) groups excluding carboxylic acids is 2. The van der Waals surface area contributed by atoms with Gasteiger partial charge < -0.3 is 15.8 Å². The van der Waals surface area contributed by atoms with Gasteiger partial charge in [-0.05, 0) is 56.0 Å². The molecule has 2 unspecified atom stereocenters. The summed E-state index contributed by atoms with van der Waals surface area (Å²) in [7, 11) is 0. The molecule has 153 valence electrons. The average Bonchev–Trinajstić information content (AvgIpc) is 2.73. The molecule has 0 saturated carbocycles. The number of carbonyl (C=O) groups is 2. The van der Waals surface area contributed by atoms with Crippen LogP contribution < -0.4 is 11.1 Å². The van der Waals surface area contributed by atoms with Gasteiger partial charge in [0.15, 0.2) is 0 Å². The number of hydrogen-bond donors (Lipinski definition) is 2. The Morgan fingerprint density at radius 2 is 1.89 bits per heavy atom. The highest BCUT2D eigenvalue weighted by Crippen LogP contribution is 2.26. The number of primary amides is 1. The van der Waals surface area contributed by atoms with E-state index in [1.54, 1.807) is 6.42 Å². The van der Waals surface area contributed by atoms with Crippen LogP contribution in [0, 0.1) is 18.3 Å². The Hall–Kier alpha value is -1.92. The Balaban J connectivity index is 1.41. The monoisotopic (exact) mass is 386 g/mol. The van der Waals surface area contributed by atoms with Gasteiger partial charge in [0.1, 0.15) is 0 Å². The van der Waals surface area contributed by atoms with Gasteiger partial charge in [-0.1, -0.05) is 30.3 Å². The lowest BCUT2D eigenvalue weighted by molar-refractivity contribution is -0.125. The molecule has 0 bridgehead atoms. The van der Waals surface area contributed by atoms with E-state index in [-0.39, 0.29) is 23.8 Å². The van der Waals surface area contributed by atoms with Gasteiger partial charge in [0.05, 0.1) is 12.5 Å². The molecule has 2 atom stereocenters. The highest BCUT2D eigenvalue weighted by atomic mass is 16.5. The number of hydrogen-bond acceptors (Lipinski definition) is 4. The van der Waals surface area contributed by atoms with Crippen LogP contribution in [0.3, 0.4) is 0 Å². The molecule has 2 heterocycles. The molecule has 0 spiro atoms. The summed E-state index contributed by atoms with van der Waals surface area (Å²) in [5.41, 5.74) is 6.81. The molecular formula is C22H32N3O3. The van der Waals surface area contributed by atoms with Crippen molar-refractivity contribution in [1.82, 2.24) is 10.2 Å². The summed E-state index contributed by atoms with van der Waals surface area (Å²) in [5.74, 6) is 0.569. The van der Waals surface area contributed by atoms with Crippen LogP contribution in [0.4, 0.5) is 0 Å². The lowest BCUT2D eigenvalue weighted by atomic mass is 9.88. The summed E-state index contributed by atoms with van der Waals surface area (Å²) < 4.78 is 5.43. The second-order valence-corrected chi connectivity index (χ2v) is 8.00. The Morgan fingerprint density at radius 3 is 2.61 bits per heavy atom. The van der Waals surface area contributed by atoms with Gasteiger partial charge >= 0.3 is 0 Å². The van der Waals surface area contributed by atoms with Gasteiger partial charge in [-0.15, -0.1) is 0 Å². The molecule has 28 heavy (non-hydrogen) atoms. The molecule has 3 rings (SSSR count). The largest absolute Gasteiger partial charge is 0.381 e. The van der Waals surface area contributed by atoms with Crippen LogP contribution in [-0.2, 0) is 20.7 Å². The molecule has 2 amide bonds. The Bertz CT molecular complexity index is 631. The van der Waals surface area contributed by atoms with Crippen LogP contribution in [0.25, 0.3) is 0 Å². The number of likely N-dealkylation sites (tertiary alicyclic amines) is 1. The van der Waals surface area contributed by atoms with E-state index in [2.05, 4.69) is 10.2 Å². The zero-order valence-electron chi connectivity index (χ0n) is 16.5. The third kappa shape index (κ3) is 6.31. The van der Waals surface area contributed by atoms with Crippen molar-refractivity contribution in [2.75, 3.05) is 32.8 Å². The summed E-state index contributed by atoms with van der Waals surface area (Å²) in [6.07, 6.45) is 6.11. The fraction of sp³-hybridized carbons (Fsp3) is 0.591. The number of benzene rings is 1. The third-order valence-electron chi connectivity index (χ3n) is 5.91. The Kier molecular flexibility index (Phi) is 7.86. The number of amides is 2. The first-order valence-electron chi connectivity index (χ1n) is 10.4. The van der Waals surface area contributed by atoms with E-state index in [1.165, 1.54) is 0 Å². The minimum absolute atomic E-state index is 0.0517. The van der Waals surface area contributed by atoms with Crippen LogP contribution in [0.5, 0.6) is 0 Å². The van der Waals surface area contributed by atoms with Crippen molar-refractivity contribution in [3.63, 3.8) is 0 Å². The maximum Gasteiger partial charge on any atom is 0.234 e. The molecule has 1 aromatic rings. The molecule has 3 N–H and O–H groups in total. The second kappa shape index (κ2) is 10.6. The molecule has 0 aliphatic carbocycles. The summed E-state index contributed by atoms with van der Waals surface area (Å²) >= 11 is 0. The van der Waals surface area contributed by atoms with Crippen LogP contribution in [0.15, 0.2) is 30.3 Å². The van der Waals surface area contributed by atoms with Crippen molar-refractivity contribution < 1.29 is 14.3 Å². The Labute approximate surface area is 167 Å². The Morgan fingerprint density at radius 1 is 1.14 bits per heavy atom. The fourth-order valence-electron chi connectivity index (χ4n) is 4.19. The highest BCUT2D eigenvalue weighted by Gasteiger charge is 2.33. The highest BCUT2D eigenvalue weighted by molar-refractivity contribution is 5.85. The van der Waals surface area contributed by atoms with Gasteiger partial charge in [0.2, 0.25) is 11.8 Å². The molecule has 2 fully saturated rings. The van der Waals surface area contributed by atoms with Gasteiger partial charge in [0.25, 0.3) is 0 Å². The normalized spacial score (nSPS) is 24.0. The predicted octanol–water partition coefficient (Wildman–Crippen LogP) is 1.54. The van der Waals surface area contributed by atoms with Crippen molar-refractivity contribution in [2.24, 2.45) is 17.6 Å². The standard InChI is InChI=1S/C22H32N3O3/c23-22(27)20-14-19(8-11-25(20)16-18-9-12-28-13-10-18)15-24-21(26)7-6-17-4-2-1-3-5-17/h1-5,7,18-20H,6,8-16H2,(H2,23,27)(H,24,26). The third-order valence-corrected chi connectivity index (χ3v) is 5.91. The zero-order valence-corrected chi connectivity index (χ0v) is 16.5. The lowest BCUT2D eigenvalue weighted by Crippen LogP contribution is -2.52. The van der Waals surface area contributed by atoms with Crippen molar-refractivity contribution in [2.45, 2.75) is 38.1 Å². The molecule has 2 aliphatic rings. The van der Waals surface area contributed by atoms with Crippen molar-refractivity contribution in [3.05, 3.63) is 42.3 Å². The van der Waals surface area contributed by atoms with Gasteiger partial charge in [-0.3, -0.25) is 14.5 Å². The number of ether oxygens (including phenoxy) is 1. The number of rotatable bonds is 8. The topological polar surface area (TPSA) is 84.7 Å². The first kappa shape index (κ1) is 20.8. The SMILES string of the molecule is NC(=O)C1CC(CNC(=O)[CH]Cc2ccccc2)CCN1CC1CCOCC1. The molecular weight excluding hydrogens is 354 g/mol. The van der Waals surface area contributed by atoms with E-state index in [4.69, 9.17) is 10.5 Å². The van der Waals surface area contributed by atoms with Crippen molar-refractivity contribution in [1.29, 1.82) is 0 Å². The maximum atomic E-state index is 12.1. The smallest absolute Gasteiger partial charge is 0.234 e. The summed E-state index contributed by atoms with van der Waals surface area (Å²) in [6, 6.07) is 9.70. The van der Waals surface area contributed by atoms with E-state index >= 15 is 0 Å². The zero-order chi connectivity index (χ0) is 19.8. The van der Waals surface area contributed by atoms with Crippen LogP contribution in [-0.4, -0.2) is 55.6 Å². The van der Waals surface area contributed by atoms with E-state index in [0.29, 0.717) is 18.9 Å². The van der Waals surface area contributed by atoms with E-state index in [1.807, 2.05) is 30.3 Å². The quantitative estimate of drug-likeness (QED) is 0.710. The van der Waals surface area contributed by atoms with Gasteiger partial charge in [0, 0.05) is 26.3 Å². The minimum atomic E-state index is -0.251. The summed E-state index contributed by atoms with van der Waals surface area (Å²) in [6.45, 7) is 4.00. The second-order valence-electron chi connectivity index (χ2n) is 8.00. The van der Waals surface area contributed by atoms with Gasteiger partial charge in [-0.2, -0.15) is 0 Å². The molecule has 2 aliphatic heterocycles. The van der Waals surface area contributed by atoms with E-state index < -0.39 is 0 Å². The molecule has 6 heteroatoms. The summed E-state index contributed by atoms with van der Waals surface area (Å²) in [5, 5.41) is 3.00. The summed E-state index contributed by atoms with van der Waals surface area (Å²) in [4.78, 5) is 26.4. The number of piperidine rings is 1. The van der Waals surface area contributed by atoms with Gasteiger partial charge in [-0.25, -0.2) is 0 Å². The first-order valence-corrected chi connectivity index (χ1v) is 10.4. The number of nitrogens with zero attached hydrogens (tertiary/aromatic N) is 1. The lowest BCUT2D eigenvalue weighted by Gasteiger charge is -2.40. The predicted molar refractivity (Wildman–Crippen MR) is 108 cm³/mol.